The molecule has 1 heterocycles. The van der Waals surface area contributed by atoms with Crippen molar-refractivity contribution in [2.45, 2.75) is 25.8 Å². The normalized spacial score (nSPS) is 20.9. The lowest BCUT2D eigenvalue weighted by Crippen LogP contribution is -2.41. The van der Waals surface area contributed by atoms with Gasteiger partial charge in [0.15, 0.2) is 9.84 Å². The highest BCUT2D eigenvalue weighted by Gasteiger charge is 2.35. The van der Waals surface area contributed by atoms with Crippen LogP contribution in [-0.4, -0.2) is 31.9 Å². The summed E-state index contributed by atoms with van der Waals surface area (Å²) in [6.07, 6.45) is 0.735. The van der Waals surface area contributed by atoms with Gasteiger partial charge in [-0.3, -0.25) is 4.79 Å². The van der Waals surface area contributed by atoms with Crippen LogP contribution in [0.3, 0.4) is 0 Å². The van der Waals surface area contributed by atoms with Crippen molar-refractivity contribution in [2.75, 3.05) is 16.4 Å². The maximum atomic E-state index is 12.2. The Hall–Kier alpha value is -0.780. The summed E-state index contributed by atoms with van der Waals surface area (Å²) in [7, 11) is -3.07. The number of carbonyl (C=O) groups is 1. The third-order valence-electron chi connectivity index (χ3n) is 3.27. The number of carbonyl (C=O) groups excluding carboxylic acids is 1. The second-order valence-electron chi connectivity index (χ2n) is 4.80. The van der Waals surface area contributed by atoms with Gasteiger partial charge in [0.25, 0.3) is 0 Å². The molecule has 0 bridgehead atoms. The molecule has 2 rings (SSSR count). The molecule has 1 aromatic rings. The standard InChI is InChI=1S/C13H15Cl2NO3S/c1-2-13(17)16(11-3-4-20(18,19)8-11)12-6-9(14)5-10(15)7-12/h5-7,11H,2-4,8H2,1H3. The molecule has 1 aliphatic heterocycles. The van der Waals surface area contributed by atoms with Gasteiger partial charge in [0.2, 0.25) is 5.91 Å². The average molecular weight is 336 g/mol. The highest BCUT2D eigenvalue weighted by atomic mass is 35.5. The van der Waals surface area contributed by atoms with E-state index < -0.39 is 9.84 Å². The molecule has 0 aromatic heterocycles. The fraction of sp³-hybridized carbons (Fsp3) is 0.462. The van der Waals surface area contributed by atoms with Gasteiger partial charge in [0.1, 0.15) is 0 Å². The van der Waals surface area contributed by atoms with Gasteiger partial charge in [-0.15, -0.1) is 0 Å². The Labute approximate surface area is 128 Å². The number of benzene rings is 1. The summed E-state index contributed by atoms with van der Waals surface area (Å²) in [6.45, 7) is 1.74. The van der Waals surface area contributed by atoms with Crippen molar-refractivity contribution in [3.8, 4) is 0 Å². The minimum atomic E-state index is -3.07. The summed E-state index contributed by atoms with van der Waals surface area (Å²) >= 11 is 11.9. The third-order valence-corrected chi connectivity index (χ3v) is 5.46. The monoisotopic (exact) mass is 335 g/mol. The molecule has 1 aliphatic rings. The lowest BCUT2D eigenvalue weighted by atomic mass is 10.1. The molecule has 110 valence electrons. The number of nitrogens with zero attached hydrogens (tertiary/aromatic N) is 1. The molecule has 20 heavy (non-hydrogen) atoms. The van der Waals surface area contributed by atoms with Gasteiger partial charge >= 0.3 is 0 Å². The summed E-state index contributed by atoms with van der Waals surface area (Å²) in [4.78, 5) is 13.7. The van der Waals surface area contributed by atoms with E-state index in [1.54, 1.807) is 25.1 Å². The molecule has 0 spiro atoms. The predicted molar refractivity (Wildman–Crippen MR) is 81.3 cm³/mol. The van der Waals surface area contributed by atoms with Crippen LogP contribution in [0.25, 0.3) is 0 Å². The van der Waals surface area contributed by atoms with Crippen LogP contribution in [0.2, 0.25) is 10.0 Å². The van der Waals surface area contributed by atoms with Crippen molar-refractivity contribution < 1.29 is 13.2 Å². The van der Waals surface area contributed by atoms with E-state index in [4.69, 9.17) is 23.2 Å². The van der Waals surface area contributed by atoms with Crippen molar-refractivity contribution in [1.82, 2.24) is 0 Å². The predicted octanol–water partition coefficient (Wildman–Crippen LogP) is 2.92. The number of anilines is 1. The van der Waals surface area contributed by atoms with Gasteiger partial charge in [-0.2, -0.15) is 0 Å². The Kier molecular flexibility index (Phi) is 4.62. The van der Waals surface area contributed by atoms with E-state index in [0.29, 0.717) is 28.6 Å². The molecule has 1 unspecified atom stereocenters. The molecular formula is C13H15Cl2NO3S. The fourth-order valence-corrected chi connectivity index (χ4v) is 4.60. The SMILES string of the molecule is CCC(=O)N(c1cc(Cl)cc(Cl)c1)C1CCS(=O)(=O)C1. The summed E-state index contributed by atoms with van der Waals surface area (Å²) in [5.41, 5.74) is 0.552. The van der Waals surface area contributed by atoms with E-state index in [1.807, 2.05) is 0 Å². The Morgan fingerprint density at radius 1 is 1.30 bits per heavy atom. The van der Waals surface area contributed by atoms with Crippen molar-refractivity contribution >= 4 is 44.6 Å². The summed E-state index contributed by atoms with van der Waals surface area (Å²) < 4.78 is 23.3. The Bertz CT molecular complexity index is 610. The van der Waals surface area contributed by atoms with Crippen LogP contribution in [0.5, 0.6) is 0 Å². The first-order valence-electron chi connectivity index (χ1n) is 6.31. The van der Waals surface area contributed by atoms with Crippen LogP contribution < -0.4 is 4.90 Å². The topological polar surface area (TPSA) is 54.5 Å². The van der Waals surface area contributed by atoms with Crippen LogP contribution in [0, 0.1) is 0 Å². The Morgan fingerprint density at radius 2 is 1.90 bits per heavy atom. The minimum Gasteiger partial charge on any atom is -0.308 e. The number of hydrogen-bond donors (Lipinski definition) is 0. The van der Waals surface area contributed by atoms with Gasteiger partial charge in [-0.25, -0.2) is 8.42 Å². The first kappa shape index (κ1) is 15.6. The molecule has 1 aromatic carbocycles. The molecule has 4 nitrogen and oxygen atoms in total. The molecular weight excluding hydrogens is 321 g/mol. The first-order chi connectivity index (χ1) is 9.32. The van der Waals surface area contributed by atoms with Crippen LogP contribution in [-0.2, 0) is 14.6 Å². The maximum absolute atomic E-state index is 12.2. The van der Waals surface area contributed by atoms with Crippen molar-refractivity contribution in [3.05, 3.63) is 28.2 Å². The van der Waals surface area contributed by atoms with Gasteiger partial charge in [-0.1, -0.05) is 30.1 Å². The van der Waals surface area contributed by atoms with Gasteiger partial charge in [-0.05, 0) is 24.6 Å². The number of hydrogen-bond acceptors (Lipinski definition) is 3. The summed E-state index contributed by atoms with van der Waals surface area (Å²) in [6, 6.07) is 4.49. The van der Waals surface area contributed by atoms with E-state index in [2.05, 4.69) is 0 Å². The van der Waals surface area contributed by atoms with Crippen LogP contribution >= 0.6 is 23.2 Å². The molecule has 7 heteroatoms. The zero-order valence-corrected chi connectivity index (χ0v) is 13.3. The Morgan fingerprint density at radius 3 is 2.35 bits per heavy atom. The quantitative estimate of drug-likeness (QED) is 0.853. The lowest BCUT2D eigenvalue weighted by Gasteiger charge is -2.28. The molecule has 0 aliphatic carbocycles. The van der Waals surface area contributed by atoms with E-state index in [9.17, 15) is 13.2 Å². The van der Waals surface area contributed by atoms with Gasteiger partial charge in [0.05, 0.1) is 17.5 Å². The Balaban J connectivity index is 2.40. The highest BCUT2D eigenvalue weighted by Crippen LogP contribution is 2.30. The fourth-order valence-electron chi connectivity index (χ4n) is 2.39. The highest BCUT2D eigenvalue weighted by molar-refractivity contribution is 7.91. The molecule has 1 amide bonds. The summed E-state index contributed by atoms with van der Waals surface area (Å²) in [5, 5.41) is 0.838. The number of amides is 1. The van der Waals surface area contributed by atoms with E-state index in [1.165, 1.54) is 4.90 Å². The van der Waals surface area contributed by atoms with Crippen LogP contribution in [0.15, 0.2) is 18.2 Å². The van der Waals surface area contributed by atoms with Crippen LogP contribution in [0.1, 0.15) is 19.8 Å². The first-order valence-corrected chi connectivity index (χ1v) is 8.88. The summed E-state index contributed by atoms with van der Waals surface area (Å²) in [5.74, 6) is -0.0343. The van der Waals surface area contributed by atoms with E-state index in [0.717, 1.165) is 0 Å². The number of halogens is 2. The number of sulfone groups is 1. The third kappa shape index (κ3) is 3.45. The number of rotatable bonds is 3. The molecule has 0 N–H and O–H groups in total. The van der Waals surface area contributed by atoms with Crippen molar-refractivity contribution in [1.29, 1.82) is 0 Å². The minimum absolute atomic E-state index is 0.0110. The van der Waals surface area contributed by atoms with E-state index in [-0.39, 0.29) is 23.5 Å². The smallest absolute Gasteiger partial charge is 0.226 e. The molecule has 0 saturated carbocycles. The second kappa shape index (κ2) is 5.92. The molecule has 1 fully saturated rings. The lowest BCUT2D eigenvalue weighted by molar-refractivity contribution is -0.118. The van der Waals surface area contributed by atoms with E-state index >= 15 is 0 Å². The zero-order valence-electron chi connectivity index (χ0n) is 11.0. The van der Waals surface area contributed by atoms with Crippen LogP contribution in [0.4, 0.5) is 5.69 Å². The van der Waals surface area contributed by atoms with Gasteiger partial charge in [0, 0.05) is 22.2 Å². The largest absolute Gasteiger partial charge is 0.308 e. The van der Waals surface area contributed by atoms with Crippen molar-refractivity contribution in [2.24, 2.45) is 0 Å². The zero-order chi connectivity index (χ0) is 14.9. The second-order valence-corrected chi connectivity index (χ2v) is 7.90. The van der Waals surface area contributed by atoms with Crippen molar-refractivity contribution in [3.63, 3.8) is 0 Å². The molecule has 1 atom stereocenters. The molecule has 1 saturated heterocycles. The average Bonchev–Trinajstić information content (AvgIpc) is 2.68. The molecule has 0 radical (unpaired) electrons. The maximum Gasteiger partial charge on any atom is 0.226 e. The van der Waals surface area contributed by atoms with Gasteiger partial charge < -0.3 is 4.90 Å².